The Hall–Kier alpha value is -0.950. The third-order valence-electron chi connectivity index (χ3n) is 13.5. The fourth-order valence-electron chi connectivity index (χ4n) is 10.9. The van der Waals surface area contributed by atoms with Crippen LogP contribution < -0.4 is 0 Å². The Labute approximate surface area is 216 Å². The Morgan fingerprint density at radius 1 is 0.972 bits per heavy atom. The second-order valence-electron chi connectivity index (χ2n) is 15.0. The minimum atomic E-state index is -1.15. The first-order valence-electron chi connectivity index (χ1n) is 14.1. The summed E-state index contributed by atoms with van der Waals surface area (Å²) in [6.45, 7) is 14.5. The largest absolute Gasteiger partial charge is 0.481 e. The maximum atomic E-state index is 12.8. The molecule has 204 valence electrons. The molecule has 12 atom stereocenters. The highest BCUT2D eigenvalue weighted by atomic mass is 16.4. The fourth-order valence-corrected chi connectivity index (χ4v) is 10.9. The summed E-state index contributed by atoms with van der Waals surface area (Å²) >= 11 is 0. The molecule has 0 aromatic rings. The third-order valence-corrected chi connectivity index (χ3v) is 13.5. The van der Waals surface area contributed by atoms with Gasteiger partial charge in [0.1, 0.15) is 0 Å². The van der Waals surface area contributed by atoms with Gasteiger partial charge in [-0.25, -0.2) is 0 Å². The first-order valence-corrected chi connectivity index (χ1v) is 14.1. The lowest BCUT2D eigenvalue weighted by molar-refractivity contribution is -0.266. The van der Waals surface area contributed by atoms with Crippen molar-refractivity contribution in [3.8, 4) is 0 Å². The van der Waals surface area contributed by atoms with E-state index in [1.807, 2.05) is 27.7 Å². The summed E-state index contributed by atoms with van der Waals surface area (Å²) in [5.41, 5.74) is -2.93. The molecule has 5 rings (SSSR count). The molecule has 6 heteroatoms. The van der Waals surface area contributed by atoms with E-state index in [1.165, 1.54) is 0 Å². The predicted octanol–water partition coefficient (Wildman–Crippen LogP) is 4.15. The molecule has 0 aliphatic heterocycles. The van der Waals surface area contributed by atoms with Crippen LogP contribution in [-0.2, 0) is 4.79 Å². The van der Waals surface area contributed by atoms with Crippen LogP contribution in [0.5, 0.6) is 0 Å². The second kappa shape index (κ2) is 7.58. The van der Waals surface area contributed by atoms with Crippen molar-refractivity contribution in [1.29, 1.82) is 0 Å². The fraction of sp³-hybridized carbons (Fsp3) is 0.900. The molecule has 0 heterocycles. The molecule has 5 aliphatic carbocycles. The van der Waals surface area contributed by atoms with Crippen LogP contribution in [0, 0.1) is 50.7 Å². The second-order valence-corrected chi connectivity index (χ2v) is 15.0. The Balaban J connectivity index is 1.68. The predicted molar refractivity (Wildman–Crippen MR) is 137 cm³/mol. The minimum Gasteiger partial charge on any atom is -0.481 e. The molecule has 6 nitrogen and oxygen atoms in total. The third kappa shape index (κ3) is 2.85. The van der Waals surface area contributed by atoms with Crippen molar-refractivity contribution in [2.75, 3.05) is 0 Å². The Kier molecular flexibility index (Phi) is 5.61. The summed E-state index contributed by atoms with van der Waals surface area (Å²) in [4.78, 5) is 12.8. The number of rotatable bonds is 1. The van der Waals surface area contributed by atoms with E-state index >= 15 is 0 Å². The van der Waals surface area contributed by atoms with Crippen molar-refractivity contribution < 1.29 is 30.3 Å². The molecule has 0 radical (unpaired) electrons. The smallest absolute Gasteiger partial charge is 0.310 e. The zero-order chi connectivity index (χ0) is 26.9. The van der Waals surface area contributed by atoms with E-state index in [4.69, 9.17) is 0 Å². The van der Waals surface area contributed by atoms with Gasteiger partial charge in [-0.3, -0.25) is 4.79 Å². The van der Waals surface area contributed by atoms with Crippen LogP contribution >= 0.6 is 0 Å². The van der Waals surface area contributed by atoms with Crippen LogP contribution in [0.1, 0.15) is 93.4 Å². The average molecular weight is 505 g/mol. The standard InChI is InChI=1S/C30H48O6/c1-16-10-11-30(24(34)35)13-12-27(5)17(22(30)29(16,7)36)8-9-19-26(4)15-18(31)23(33)25(2,3)20(26)14-21(32)28(19,27)6/h8,16,18-23,31-33,36H,9-15H2,1-7H3,(H,34,35)/t16-,18-,19-,20?,21-,22-,23+,26-,27-,28+,29-,30+/m1/s1. The zero-order valence-electron chi connectivity index (χ0n) is 23.2. The molecule has 0 amide bonds. The topological polar surface area (TPSA) is 118 Å². The first-order chi connectivity index (χ1) is 16.4. The number of fused-ring (bicyclic) bond motifs is 7. The molecule has 4 fully saturated rings. The van der Waals surface area contributed by atoms with E-state index in [0.29, 0.717) is 44.9 Å². The van der Waals surface area contributed by atoms with Crippen LogP contribution in [-0.4, -0.2) is 55.4 Å². The van der Waals surface area contributed by atoms with Crippen molar-refractivity contribution >= 4 is 5.97 Å². The summed E-state index contributed by atoms with van der Waals surface area (Å²) in [5.74, 6) is -1.20. The lowest BCUT2D eigenvalue weighted by Crippen LogP contribution is -2.71. The molecule has 4 saturated carbocycles. The van der Waals surface area contributed by atoms with Crippen LogP contribution in [0.3, 0.4) is 0 Å². The van der Waals surface area contributed by atoms with Gasteiger partial charge >= 0.3 is 5.97 Å². The Morgan fingerprint density at radius 2 is 1.61 bits per heavy atom. The number of aliphatic carboxylic acids is 1. The normalized spacial score (nSPS) is 58.0. The lowest BCUT2D eigenvalue weighted by Gasteiger charge is -2.73. The van der Waals surface area contributed by atoms with Crippen molar-refractivity contribution in [2.24, 2.45) is 50.7 Å². The van der Waals surface area contributed by atoms with E-state index in [-0.39, 0.29) is 23.2 Å². The highest BCUT2D eigenvalue weighted by Crippen LogP contribution is 2.76. The average Bonchev–Trinajstić information content (AvgIpc) is 2.77. The lowest BCUT2D eigenvalue weighted by atomic mass is 9.32. The number of aliphatic hydroxyl groups excluding tert-OH is 3. The molecule has 1 unspecified atom stereocenters. The molecule has 36 heavy (non-hydrogen) atoms. The monoisotopic (exact) mass is 504 g/mol. The minimum absolute atomic E-state index is 0.0160. The molecule has 5 aliphatic rings. The Morgan fingerprint density at radius 3 is 2.22 bits per heavy atom. The number of hydrogen-bond donors (Lipinski definition) is 5. The summed E-state index contributed by atoms with van der Waals surface area (Å²) in [6, 6.07) is 0. The molecule has 5 N–H and O–H groups in total. The van der Waals surface area contributed by atoms with Gasteiger partial charge in [0.15, 0.2) is 0 Å². The van der Waals surface area contributed by atoms with E-state index in [1.54, 1.807) is 0 Å². The number of aliphatic hydroxyl groups is 4. The van der Waals surface area contributed by atoms with Gasteiger partial charge in [0.25, 0.3) is 0 Å². The van der Waals surface area contributed by atoms with Crippen molar-refractivity contribution in [3.05, 3.63) is 11.6 Å². The highest BCUT2D eigenvalue weighted by molar-refractivity contribution is 5.77. The van der Waals surface area contributed by atoms with Crippen molar-refractivity contribution in [1.82, 2.24) is 0 Å². The van der Waals surface area contributed by atoms with E-state index in [0.717, 1.165) is 5.57 Å². The summed E-state index contributed by atoms with van der Waals surface area (Å²) in [6.07, 6.45) is 4.08. The summed E-state index contributed by atoms with van der Waals surface area (Å²) in [5, 5.41) is 56.3. The molecule has 0 spiro atoms. The molecule has 0 bridgehead atoms. The van der Waals surface area contributed by atoms with Gasteiger partial charge in [-0.15, -0.1) is 0 Å². The maximum absolute atomic E-state index is 12.8. The van der Waals surface area contributed by atoms with Gasteiger partial charge in [0, 0.05) is 11.3 Å². The number of carboxylic acid groups (broad SMARTS) is 1. The van der Waals surface area contributed by atoms with Gasteiger partial charge in [-0.05, 0) is 85.9 Å². The van der Waals surface area contributed by atoms with Crippen LogP contribution in [0.4, 0.5) is 0 Å². The van der Waals surface area contributed by atoms with Crippen LogP contribution in [0.2, 0.25) is 0 Å². The van der Waals surface area contributed by atoms with E-state index < -0.39 is 57.5 Å². The first kappa shape index (κ1) is 26.6. The van der Waals surface area contributed by atoms with E-state index in [2.05, 4.69) is 26.8 Å². The summed E-state index contributed by atoms with van der Waals surface area (Å²) < 4.78 is 0. The quantitative estimate of drug-likeness (QED) is 0.343. The highest BCUT2D eigenvalue weighted by Gasteiger charge is 2.73. The molecule has 0 saturated heterocycles. The van der Waals surface area contributed by atoms with Crippen molar-refractivity contribution in [3.63, 3.8) is 0 Å². The summed E-state index contributed by atoms with van der Waals surface area (Å²) in [7, 11) is 0. The van der Waals surface area contributed by atoms with Gasteiger partial charge < -0.3 is 25.5 Å². The van der Waals surface area contributed by atoms with Gasteiger partial charge in [-0.1, -0.05) is 53.2 Å². The molecular formula is C30H48O6. The van der Waals surface area contributed by atoms with Crippen LogP contribution in [0.25, 0.3) is 0 Å². The number of carboxylic acids is 1. The number of carbonyl (C=O) groups is 1. The number of hydrogen-bond acceptors (Lipinski definition) is 5. The maximum Gasteiger partial charge on any atom is 0.310 e. The van der Waals surface area contributed by atoms with Gasteiger partial charge in [0.05, 0.1) is 29.3 Å². The Bertz CT molecular complexity index is 986. The number of allylic oxidation sites excluding steroid dienone is 1. The zero-order valence-corrected chi connectivity index (χ0v) is 23.2. The van der Waals surface area contributed by atoms with Gasteiger partial charge in [0.2, 0.25) is 0 Å². The van der Waals surface area contributed by atoms with Crippen LogP contribution in [0.15, 0.2) is 11.6 Å². The van der Waals surface area contributed by atoms with E-state index in [9.17, 15) is 30.3 Å². The molecule has 0 aromatic heterocycles. The van der Waals surface area contributed by atoms with Gasteiger partial charge in [-0.2, -0.15) is 0 Å². The molecule has 0 aromatic carbocycles. The molecular weight excluding hydrogens is 456 g/mol. The SMILES string of the molecule is C[C@@H]1CC[C@]2(C(=O)O)CC[C@]3(C)C(=CC[C@H]4[C@@]3(C)[C@H](O)CC3C(C)(C)[C@@H](O)[C@H](O)C[C@@]34C)[C@@H]2[C@]1(C)O. The van der Waals surface area contributed by atoms with Crippen molar-refractivity contribution in [2.45, 2.75) is 117 Å².